The molecule has 0 aliphatic rings. The first-order chi connectivity index (χ1) is 28.8. The number of nitrogens with zero attached hydrogens (tertiary/aromatic N) is 6. The van der Waals surface area contributed by atoms with Gasteiger partial charge in [-0.1, -0.05) is 127 Å². The number of hydrogen-bond donors (Lipinski definition) is 0. The molecule has 13 rings (SSSR count). The lowest BCUT2D eigenvalue weighted by Crippen LogP contribution is -2.08. The Balaban J connectivity index is 1.18. The van der Waals surface area contributed by atoms with E-state index in [9.17, 15) is 0 Å². The summed E-state index contributed by atoms with van der Waals surface area (Å²) in [6, 6.07) is 62.5. The van der Waals surface area contributed by atoms with Gasteiger partial charge in [0.25, 0.3) is 0 Å². The second kappa shape index (κ2) is 11.9. The number of benzene rings is 7. The average molecular weight is 759 g/mol. The summed E-state index contributed by atoms with van der Waals surface area (Å²) in [6.07, 6.45) is 1.95. The van der Waals surface area contributed by atoms with E-state index in [1.165, 1.54) is 31.6 Å². The Hall–Kier alpha value is -7.61. The van der Waals surface area contributed by atoms with E-state index < -0.39 is 0 Å². The van der Waals surface area contributed by atoms with Crippen LogP contribution < -0.4 is 0 Å². The molecule has 0 atom stereocenters. The van der Waals surface area contributed by atoms with E-state index in [4.69, 9.17) is 15.0 Å². The first-order valence-corrected chi connectivity index (χ1v) is 20.3. The molecule has 58 heavy (non-hydrogen) atoms. The van der Waals surface area contributed by atoms with Crippen LogP contribution in [0, 0.1) is 0 Å². The lowest BCUT2D eigenvalue weighted by atomic mass is 10.1. The number of aromatic nitrogens is 6. The highest BCUT2D eigenvalue weighted by molar-refractivity contribution is 7.26. The molecule has 0 aliphatic carbocycles. The van der Waals surface area contributed by atoms with Crippen molar-refractivity contribution in [3.05, 3.63) is 182 Å². The molecule has 0 saturated carbocycles. The van der Waals surface area contributed by atoms with Crippen molar-refractivity contribution in [2.45, 2.75) is 0 Å². The number of pyridine rings is 1. The van der Waals surface area contributed by atoms with Crippen molar-refractivity contribution >= 4 is 96.9 Å². The second-order valence-corrected chi connectivity index (χ2v) is 15.9. The lowest BCUT2D eigenvalue weighted by Gasteiger charge is -2.15. The third kappa shape index (κ3) is 4.33. The summed E-state index contributed by atoms with van der Waals surface area (Å²) in [6.45, 7) is 0. The summed E-state index contributed by atoms with van der Waals surface area (Å²) in [7, 11) is 0. The Bertz CT molecular complexity index is 3590. The number of para-hydroxylation sites is 6. The van der Waals surface area contributed by atoms with Crippen LogP contribution in [0.2, 0.25) is 0 Å². The zero-order chi connectivity index (χ0) is 37.9. The van der Waals surface area contributed by atoms with Gasteiger partial charge >= 0.3 is 0 Å². The van der Waals surface area contributed by atoms with Gasteiger partial charge in [0, 0.05) is 65.6 Å². The predicted octanol–water partition coefficient (Wildman–Crippen LogP) is 13.2. The van der Waals surface area contributed by atoms with Gasteiger partial charge in [-0.25, -0.2) is 9.97 Å². The molecule has 0 amide bonds. The fourth-order valence-corrected chi connectivity index (χ4v) is 10.5. The Morgan fingerprint density at radius 3 is 1.52 bits per heavy atom. The monoisotopic (exact) mass is 758 g/mol. The van der Waals surface area contributed by atoms with Gasteiger partial charge in [0.1, 0.15) is 5.82 Å². The van der Waals surface area contributed by atoms with E-state index in [0.717, 1.165) is 76.9 Å². The number of fused-ring (bicyclic) bond motifs is 12. The van der Waals surface area contributed by atoms with Gasteiger partial charge in [-0.2, -0.15) is 4.98 Å². The first kappa shape index (κ1) is 31.6. The maximum Gasteiger partial charge on any atom is 0.237 e. The van der Waals surface area contributed by atoms with E-state index in [1.54, 1.807) is 11.3 Å². The highest BCUT2D eigenvalue weighted by atomic mass is 32.1. The van der Waals surface area contributed by atoms with Crippen LogP contribution in [0.4, 0.5) is 0 Å². The topological polar surface area (TPSA) is 53.5 Å². The van der Waals surface area contributed by atoms with E-state index in [0.29, 0.717) is 5.95 Å². The predicted molar refractivity (Wildman–Crippen MR) is 241 cm³/mol. The minimum atomic E-state index is 0.608. The van der Waals surface area contributed by atoms with Crippen molar-refractivity contribution < 1.29 is 0 Å². The maximum atomic E-state index is 5.58. The molecule has 0 N–H and O–H groups in total. The van der Waals surface area contributed by atoms with Crippen LogP contribution in [0.1, 0.15) is 0 Å². The fourth-order valence-electron chi connectivity index (χ4n) is 9.32. The largest absolute Gasteiger partial charge is 0.294 e. The Kier molecular flexibility index (Phi) is 6.50. The number of thiophene rings is 1. The quantitative estimate of drug-likeness (QED) is 0.180. The molecule has 0 unspecified atom stereocenters. The number of hydrogen-bond acceptors (Lipinski definition) is 4. The van der Waals surface area contributed by atoms with Crippen LogP contribution >= 0.6 is 11.3 Å². The normalized spacial score (nSPS) is 12.1. The Morgan fingerprint density at radius 1 is 0.397 bits per heavy atom. The van der Waals surface area contributed by atoms with Crippen molar-refractivity contribution in [1.29, 1.82) is 0 Å². The summed E-state index contributed by atoms with van der Waals surface area (Å²) < 4.78 is 9.28. The maximum absolute atomic E-state index is 5.58. The van der Waals surface area contributed by atoms with Crippen LogP contribution in [0.3, 0.4) is 0 Å². The van der Waals surface area contributed by atoms with Crippen molar-refractivity contribution in [2.75, 3.05) is 0 Å². The minimum absolute atomic E-state index is 0.608. The lowest BCUT2D eigenvalue weighted by molar-refractivity contribution is 0.952. The third-order valence-electron chi connectivity index (χ3n) is 11.7. The molecule has 0 fully saturated rings. The molecule has 0 aliphatic heterocycles. The van der Waals surface area contributed by atoms with E-state index in [1.807, 2.05) is 6.20 Å². The van der Waals surface area contributed by atoms with Gasteiger partial charge in [-0.05, 0) is 42.5 Å². The molecule has 13 aromatic rings. The third-order valence-corrected chi connectivity index (χ3v) is 12.9. The summed E-state index contributed by atoms with van der Waals surface area (Å²) in [5, 5.41) is 9.45. The molecule has 7 aromatic carbocycles. The van der Waals surface area contributed by atoms with Crippen LogP contribution in [-0.4, -0.2) is 28.7 Å². The average Bonchev–Trinajstić information content (AvgIpc) is 4.03. The van der Waals surface area contributed by atoms with Crippen LogP contribution in [-0.2, 0) is 0 Å². The highest BCUT2D eigenvalue weighted by Crippen LogP contribution is 2.43. The zero-order valence-electron chi connectivity index (χ0n) is 30.9. The van der Waals surface area contributed by atoms with Gasteiger partial charge in [-0.15, -0.1) is 11.3 Å². The van der Waals surface area contributed by atoms with Crippen LogP contribution in [0.15, 0.2) is 182 Å². The summed E-state index contributed by atoms with van der Waals surface area (Å²) in [4.78, 5) is 16.3. The smallest absolute Gasteiger partial charge is 0.237 e. The molecular formula is C51H30N6S. The summed E-state index contributed by atoms with van der Waals surface area (Å²) >= 11 is 1.80. The standard InChI is InChI=1S/C51H30N6S/c1-7-22-41-31(14-1)32-15-2-8-23-42(32)55(41)47-30-40(53-51(54-47)56-43-24-9-3-16-33(43)34-17-4-10-25-44(34)56)39-21-13-20-37-35-18-5-11-26-45(35)57(48(37)39)50-49-38(28-29-52-50)36-19-6-12-27-46(36)58-49/h1-30H. The second-order valence-electron chi connectivity index (χ2n) is 14.8. The highest BCUT2D eigenvalue weighted by Gasteiger charge is 2.24. The first-order valence-electron chi connectivity index (χ1n) is 19.5. The molecule has 0 radical (unpaired) electrons. The van der Waals surface area contributed by atoms with Gasteiger partial charge in [0.15, 0.2) is 5.82 Å². The van der Waals surface area contributed by atoms with Gasteiger partial charge < -0.3 is 0 Å². The molecule has 6 nitrogen and oxygen atoms in total. The minimum Gasteiger partial charge on any atom is -0.294 e. The van der Waals surface area contributed by atoms with Crippen molar-refractivity contribution in [3.63, 3.8) is 0 Å². The Morgan fingerprint density at radius 2 is 0.897 bits per heavy atom. The van der Waals surface area contributed by atoms with Crippen molar-refractivity contribution in [2.24, 2.45) is 0 Å². The molecular weight excluding hydrogens is 729 g/mol. The Labute approximate surface area is 335 Å². The van der Waals surface area contributed by atoms with E-state index in [2.05, 4.69) is 190 Å². The summed E-state index contributed by atoms with van der Waals surface area (Å²) in [5.41, 5.74) is 8.28. The molecule has 7 heteroatoms. The van der Waals surface area contributed by atoms with Gasteiger partial charge in [0.05, 0.1) is 43.5 Å². The van der Waals surface area contributed by atoms with Crippen LogP contribution in [0.25, 0.3) is 114 Å². The van der Waals surface area contributed by atoms with Gasteiger partial charge in [0.2, 0.25) is 5.95 Å². The van der Waals surface area contributed by atoms with Crippen molar-refractivity contribution in [1.82, 2.24) is 28.7 Å². The number of rotatable bonds is 4. The molecule has 0 bridgehead atoms. The van der Waals surface area contributed by atoms with Gasteiger partial charge in [-0.3, -0.25) is 13.7 Å². The zero-order valence-corrected chi connectivity index (χ0v) is 31.7. The SMILES string of the molecule is c1ccc2c(c1)sc1c(-n3c4ccccc4c4cccc(-c5cc(-n6c7ccccc7c7ccccc76)nc(-n6c7ccccc7c7ccccc76)n5)c43)nccc12. The molecule has 0 saturated heterocycles. The van der Waals surface area contributed by atoms with Crippen molar-refractivity contribution in [3.8, 4) is 28.8 Å². The molecule has 6 heterocycles. The molecule has 6 aromatic heterocycles. The van der Waals surface area contributed by atoms with E-state index >= 15 is 0 Å². The summed E-state index contributed by atoms with van der Waals surface area (Å²) in [5.74, 6) is 2.32. The fraction of sp³-hybridized carbons (Fsp3) is 0. The molecule has 0 spiro atoms. The van der Waals surface area contributed by atoms with Crippen LogP contribution in [0.5, 0.6) is 0 Å². The molecule has 270 valence electrons. The van der Waals surface area contributed by atoms with E-state index in [-0.39, 0.29) is 0 Å².